The Kier molecular flexibility index (Phi) is 3.19. The van der Waals surface area contributed by atoms with Crippen LogP contribution in [-0.4, -0.2) is 28.9 Å². The van der Waals surface area contributed by atoms with Crippen LogP contribution in [-0.2, 0) is 4.79 Å². The second-order valence-electron chi connectivity index (χ2n) is 6.63. The van der Waals surface area contributed by atoms with E-state index in [2.05, 4.69) is 11.4 Å². The number of imide groups is 1. The third-order valence-electron chi connectivity index (χ3n) is 5.24. The van der Waals surface area contributed by atoms with Crippen molar-refractivity contribution in [1.82, 2.24) is 10.2 Å². The first-order valence-corrected chi connectivity index (χ1v) is 7.62. The van der Waals surface area contributed by atoms with Crippen LogP contribution < -0.4 is 5.32 Å². The van der Waals surface area contributed by atoms with Crippen LogP contribution in [0.25, 0.3) is 0 Å². The molecule has 0 unspecified atom stereocenters. The number of hydrogen-bond donors (Lipinski definition) is 1. The van der Waals surface area contributed by atoms with Gasteiger partial charge in [0, 0.05) is 18.4 Å². The van der Waals surface area contributed by atoms with Gasteiger partial charge in [0.2, 0.25) is 0 Å². The number of amides is 3. The van der Waals surface area contributed by atoms with Gasteiger partial charge in [0.25, 0.3) is 5.91 Å². The number of hydrogen-bond acceptors (Lipinski definition) is 3. The van der Waals surface area contributed by atoms with Gasteiger partial charge in [-0.1, -0.05) is 25.7 Å². The lowest BCUT2D eigenvalue weighted by molar-refractivity contribution is -0.127. The Morgan fingerprint density at radius 2 is 1.75 bits per heavy atom. The Bertz CT molecular complexity index is 468. The summed E-state index contributed by atoms with van der Waals surface area (Å²) in [5.74, 6) is -0.114. The summed E-state index contributed by atoms with van der Waals surface area (Å²) in [6.45, 7) is 0.568. The molecule has 2 saturated carbocycles. The molecule has 0 aromatic rings. The predicted octanol–water partition coefficient (Wildman–Crippen LogP) is 2.33. The van der Waals surface area contributed by atoms with Gasteiger partial charge >= 0.3 is 6.03 Å². The minimum atomic E-state index is -0.626. The SMILES string of the molecule is N#CCC1(CN2C(=O)NC(=O)C23CCCCCC3)CC1. The molecule has 20 heavy (non-hydrogen) atoms. The van der Waals surface area contributed by atoms with Crippen LogP contribution in [0.4, 0.5) is 4.79 Å². The second kappa shape index (κ2) is 4.76. The molecule has 0 aromatic heterocycles. The van der Waals surface area contributed by atoms with E-state index in [0.717, 1.165) is 51.4 Å². The number of carbonyl (C=O) groups is 2. The van der Waals surface area contributed by atoms with Crippen LogP contribution >= 0.6 is 0 Å². The number of urea groups is 1. The summed E-state index contributed by atoms with van der Waals surface area (Å²) in [5, 5.41) is 11.5. The Morgan fingerprint density at radius 1 is 1.10 bits per heavy atom. The Balaban J connectivity index is 1.84. The van der Waals surface area contributed by atoms with Crippen LogP contribution in [0.3, 0.4) is 0 Å². The molecular formula is C15H21N3O2. The molecule has 3 rings (SSSR count). The van der Waals surface area contributed by atoms with E-state index in [1.165, 1.54) is 0 Å². The smallest absolute Gasteiger partial charge is 0.309 e. The van der Waals surface area contributed by atoms with Gasteiger partial charge in [-0.25, -0.2) is 4.79 Å². The van der Waals surface area contributed by atoms with Crippen LogP contribution in [0.1, 0.15) is 57.8 Å². The molecule has 0 atom stereocenters. The predicted molar refractivity (Wildman–Crippen MR) is 72.6 cm³/mol. The molecule has 1 saturated heterocycles. The van der Waals surface area contributed by atoms with E-state index in [1.807, 2.05) is 0 Å². The van der Waals surface area contributed by atoms with Crippen molar-refractivity contribution < 1.29 is 9.59 Å². The summed E-state index contributed by atoms with van der Waals surface area (Å²) in [4.78, 5) is 26.3. The van der Waals surface area contributed by atoms with E-state index in [1.54, 1.807) is 4.90 Å². The molecule has 3 aliphatic rings. The zero-order valence-electron chi connectivity index (χ0n) is 11.8. The highest BCUT2D eigenvalue weighted by Gasteiger charge is 2.56. The molecule has 1 heterocycles. The maximum atomic E-state index is 12.4. The number of carbonyl (C=O) groups excluding carboxylic acids is 2. The molecule has 3 fully saturated rings. The van der Waals surface area contributed by atoms with Gasteiger partial charge in [-0.05, 0) is 25.7 Å². The van der Waals surface area contributed by atoms with E-state index in [-0.39, 0.29) is 17.4 Å². The zero-order valence-corrected chi connectivity index (χ0v) is 11.8. The Hall–Kier alpha value is -1.57. The average molecular weight is 275 g/mol. The highest BCUT2D eigenvalue weighted by atomic mass is 16.2. The molecule has 1 N–H and O–H groups in total. The van der Waals surface area contributed by atoms with Crippen LogP contribution in [0.5, 0.6) is 0 Å². The molecule has 0 aromatic carbocycles. The van der Waals surface area contributed by atoms with Gasteiger partial charge < -0.3 is 4.90 Å². The van der Waals surface area contributed by atoms with Gasteiger partial charge in [0.1, 0.15) is 5.54 Å². The van der Waals surface area contributed by atoms with Crippen molar-refractivity contribution in [2.45, 2.75) is 63.3 Å². The van der Waals surface area contributed by atoms with Crippen LogP contribution in [0.2, 0.25) is 0 Å². The maximum absolute atomic E-state index is 12.4. The average Bonchev–Trinajstić information content (AvgIpc) is 3.16. The summed E-state index contributed by atoms with van der Waals surface area (Å²) in [5.41, 5.74) is -0.672. The summed E-state index contributed by atoms with van der Waals surface area (Å²) in [6, 6.07) is 1.98. The standard InChI is InChI=1S/C15H21N3O2/c16-10-9-14(7-8-14)11-18-13(20)17-12(19)15(18)5-3-1-2-4-6-15/h1-9,11H2,(H,17,19,20). The second-order valence-corrected chi connectivity index (χ2v) is 6.63. The van der Waals surface area contributed by atoms with Gasteiger partial charge in [-0.2, -0.15) is 5.26 Å². The summed E-state index contributed by atoms with van der Waals surface area (Å²) in [6.07, 6.45) is 8.30. The van der Waals surface area contributed by atoms with E-state index in [4.69, 9.17) is 5.26 Å². The largest absolute Gasteiger partial charge is 0.325 e. The summed E-state index contributed by atoms with van der Waals surface area (Å²) in [7, 11) is 0. The lowest BCUT2D eigenvalue weighted by Gasteiger charge is -2.36. The number of nitrogens with one attached hydrogen (secondary N) is 1. The first kappa shape index (κ1) is 13.4. The van der Waals surface area contributed by atoms with Crippen molar-refractivity contribution >= 4 is 11.9 Å². The van der Waals surface area contributed by atoms with Gasteiger partial charge in [-0.3, -0.25) is 10.1 Å². The van der Waals surface area contributed by atoms with Gasteiger partial charge in [-0.15, -0.1) is 0 Å². The minimum Gasteiger partial charge on any atom is -0.309 e. The normalized spacial score (nSPS) is 27.1. The first-order valence-electron chi connectivity index (χ1n) is 7.62. The van der Waals surface area contributed by atoms with Crippen molar-refractivity contribution in [2.24, 2.45) is 5.41 Å². The topological polar surface area (TPSA) is 73.2 Å². The van der Waals surface area contributed by atoms with E-state index >= 15 is 0 Å². The molecule has 108 valence electrons. The third-order valence-corrected chi connectivity index (χ3v) is 5.24. The van der Waals surface area contributed by atoms with Crippen LogP contribution in [0, 0.1) is 16.7 Å². The molecule has 5 nitrogen and oxygen atoms in total. The quantitative estimate of drug-likeness (QED) is 0.803. The van der Waals surface area contributed by atoms with Gasteiger partial charge in [0.05, 0.1) is 6.07 Å². The fourth-order valence-corrected chi connectivity index (χ4v) is 3.70. The fraction of sp³-hybridized carbons (Fsp3) is 0.800. The van der Waals surface area contributed by atoms with Crippen molar-refractivity contribution in [1.29, 1.82) is 5.26 Å². The van der Waals surface area contributed by atoms with Crippen molar-refractivity contribution in [2.75, 3.05) is 6.54 Å². The van der Waals surface area contributed by atoms with Crippen molar-refractivity contribution in [3.8, 4) is 6.07 Å². The Labute approximate surface area is 119 Å². The molecule has 1 aliphatic heterocycles. The number of nitrogens with zero attached hydrogens (tertiary/aromatic N) is 2. The lowest BCUT2D eigenvalue weighted by Crippen LogP contribution is -2.51. The monoisotopic (exact) mass is 275 g/mol. The molecule has 3 amide bonds. The minimum absolute atomic E-state index is 0.0456. The molecule has 1 spiro atoms. The highest BCUT2D eigenvalue weighted by Crippen LogP contribution is 2.51. The summed E-state index contributed by atoms with van der Waals surface area (Å²) < 4.78 is 0. The number of nitriles is 1. The molecular weight excluding hydrogens is 254 g/mol. The van der Waals surface area contributed by atoms with Crippen molar-refractivity contribution in [3.63, 3.8) is 0 Å². The van der Waals surface area contributed by atoms with Gasteiger partial charge in [0.15, 0.2) is 0 Å². The van der Waals surface area contributed by atoms with Crippen molar-refractivity contribution in [3.05, 3.63) is 0 Å². The summed E-state index contributed by atoms with van der Waals surface area (Å²) >= 11 is 0. The third kappa shape index (κ3) is 2.07. The first-order chi connectivity index (χ1) is 9.62. The van der Waals surface area contributed by atoms with Crippen LogP contribution in [0.15, 0.2) is 0 Å². The molecule has 5 heteroatoms. The van der Waals surface area contributed by atoms with E-state index in [9.17, 15) is 9.59 Å². The lowest BCUT2D eigenvalue weighted by atomic mass is 9.87. The molecule has 0 radical (unpaired) electrons. The Morgan fingerprint density at radius 3 is 2.30 bits per heavy atom. The fourth-order valence-electron chi connectivity index (χ4n) is 3.70. The highest BCUT2D eigenvalue weighted by molar-refractivity contribution is 6.07. The van der Waals surface area contributed by atoms with E-state index in [0.29, 0.717) is 13.0 Å². The number of rotatable bonds is 3. The molecule has 0 bridgehead atoms. The zero-order chi connectivity index (χ0) is 14.2. The van der Waals surface area contributed by atoms with E-state index < -0.39 is 5.54 Å². The molecule has 2 aliphatic carbocycles. The maximum Gasteiger partial charge on any atom is 0.325 e.